The van der Waals surface area contributed by atoms with E-state index >= 15 is 0 Å². The number of hydrogen-bond donors (Lipinski definition) is 0. The van der Waals surface area contributed by atoms with E-state index in [0.717, 1.165) is 29.7 Å². The molecule has 0 saturated carbocycles. The number of aromatic nitrogens is 4. The van der Waals surface area contributed by atoms with Crippen LogP contribution in [0.4, 0.5) is 13.2 Å². The van der Waals surface area contributed by atoms with Crippen LogP contribution >= 0.6 is 0 Å². The van der Waals surface area contributed by atoms with Gasteiger partial charge in [-0.25, -0.2) is 27.8 Å². The molecule has 1 unspecified atom stereocenters. The van der Waals surface area contributed by atoms with Gasteiger partial charge in [-0.15, -0.1) is 0 Å². The maximum Gasteiger partial charge on any atom is 0.194 e. The number of aryl methyl sites for hydroxylation is 2. The quantitative estimate of drug-likeness (QED) is 0.405. The van der Waals surface area contributed by atoms with Gasteiger partial charge in [0.05, 0.1) is 18.9 Å². The summed E-state index contributed by atoms with van der Waals surface area (Å²) in [5, 5.41) is 4.59. The third kappa shape index (κ3) is 3.43. The van der Waals surface area contributed by atoms with E-state index < -0.39 is 17.5 Å². The van der Waals surface area contributed by atoms with E-state index in [1.807, 2.05) is 12.1 Å². The number of benzene rings is 2. The average Bonchev–Trinajstić information content (AvgIpc) is 3.42. The number of nitrogens with zero attached hydrogens (tertiary/aromatic N) is 4. The third-order valence-electron chi connectivity index (χ3n) is 5.63. The predicted octanol–water partition coefficient (Wildman–Crippen LogP) is 5.26. The largest absolute Gasteiger partial charge is 0.496 e. The molecule has 164 valence electrons. The highest BCUT2D eigenvalue weighted by molar-refractivity contribution is 5.71. The summed E-state index contributed by atoms with van der Waals surface area (Å²) in [5.74, 6) is -1.50. The Kier molecular flexibility index (Phi) is 4.96. The molecule has 1 aliphatic heterocycles. The highest BCUT2D eigenvalue weighted by atomic mass is 19.2. The van der Waals surface area contributed by atoms with Crippen molar-refractivity contribution < 1.29 is 22.3 Å². The Morgan fingerprint density at radius 2 is 1.91 bits per heavy atom. The molecular weight excluding hydrogens is 421 g/mol. The van der Waals surface area contributed by atoms with E-state index in [1.54, 1.807) is 31.0 Å². The van der Waals surface area contributed by atoms with Gasteiger partial charge in [-0.2, -0.15) is 5.10 Å². The molecule has 2 aromatic heterocycles. The summed E-state index contributed by atoms with van der Waals surface area (Å²) in [7, 11) is 1.56. The average molecular weight is 440 g/mol. The van der Waals surface area contributed by atoms with Crippen LogP contribution in [0.15, 0.2) is 40.9 Å². The van der Waals surface area contributed by atoms with Gasteiger partial charge in [0.2, 0.25) is 0 Å². The van der Waals surface area contributed by atoms with Gasteiger partial charge in [0.15, 0.2) is 34.9 Å². The predicted molar refractivity (Wildman–Crippen MR) is 110 cm³/mol. The standard InChI is InChI=1S/C23H19F3N4O2/c1-12-27-11-20(32-12)16-6-5-13(10-19(16)31-2)22-28-23-15(4-3-7-30(23)29-22)14-8-17(24)21(26)18(25)9-14/h5-6,8-11,15H,3-4,7H2,1-2H3. The summed E-state index contributed by atoms with van der Waals surface area (Å²) >= 11 is 0. The molecule has 4 aromatic rings. The number of ether oxygens (including phenoxy) is 1. The minimum Gasteiger partial charge on any atom is -0.496 e. The third-order valence-corrected chi connectivity index (χ3v) is 5.63. The highest BCUT2D eigenvalue weighted by Gasteiger charge is 2.28. The van der Waals surface area contributed by atoms with Crippen molar-refractivity contribution in [3.8, 4) is 28.5 Å². The molecule has 2 aromatic carbocycles. The molecule has 3 heterocycles. The van der Waals surface area contributed by atoms with E-state index in [9.17, 15) is 13.2 Å². The van der Waals surface area contributed by atoms with Gasteiger partial charge in [0.1, 0.15) is 11.6 Å². The highest BCUT2D eigenvalue weighted by Crippen LogP contribution is 2.37. The number of hydrogen-bond acceptors (Lipinski definition) is 5. The fourth-order valence-corrected chi connectivity index (χ4v) is 4.08. The minimum absolute atomic E-state index is 0.343. The molecule has 0 fully saturated rings. The van der Waals surface area contributed by atoms with Crippen molar-refractivity contribution in [2.75, 3.05) is 7.11 Å². The van der Waals surface area contributed by atoms with Crippen molar-refractivity contribution in [2.24, 2.45) is 0 Å². The van der Waals surface area contributed by atoms with Crippen LogP contribution in [0.25, 0.3) is 22.7 Å². The molecule has 0 radical (unpaired) electrons. The lowest BCUT2D eigenvalue weighted by Gasteiger charge is -2.22. The monoisotopic (exact) mass is 440 g/mol. The Morgan fingerprint density at radius 1 is 1.12 bits per heavy atom. The summed E-state index contributed by atoms with van der Waals surface area (Å²) in [4.78, 5) is 8.79. The lowest BCUT2D eigenvalue weighted by Crippen LogP contribution is -2.18. The molecule has 0 saturated heterocycles. The topological polar surface area (TPSA) is 66.0 Å². The molecule has 32 heavy (non-hydrogen) atoms. The first-order valence-electron chi connectivity index (χ1n) is 10.1. The zero-order chi connectivity index (χ0) is 22.4. The maximum atomic E-state index is 13.8. The normalized spacial score (nSPS) is 15.6. The number of oxazole rings is 1. The van der Waals surface area contributed by atoms with Crippen molar-refractivity contribution >= 4 is 0 Å². The molecule has 0 N–H and O–H groups in total. The van der Waals surface area contributed by atoms with Gasteiger partial charge in [0.25, 0.3) is 0 Å². The Bertz CT molecular complexity index is 1290. The molecule has 0 aliphatic carbocycles. The van der Waals surface area contributed by atoms with Crippen molar-refractivity contribution in [3.05, 3.63) is 71.3 Å². The molecule has 1 aliphatic rings. The van der Waals surface area contributed by atoms with Crippen molar-refractivity contribution in [1.82, 2.24) is 19.7 Å². The second-order valence-corrected chi connectivity index (χ2v) is 7.67. The number of methoxy groups -OCH3 is 1. The first kappa shape index (κ1) is 20.3. The van der Waals surface area contributed by atoms with Crippen molar-refractivity contribution in [1.29, 1.82) is 0 Å². The van der Waals surface area contributed by atoms with Gasteiger partial charge in [-0.1, -0.05) is 6.07 Å². The van der Waals surface area contributed by atoms with Gasteiger partial charge >= 0.3 is 0 Å². The molecular formula is C23H19F3N4O2. The van der Waals surface area contributed by atoms with Crippen LogP contribution in [0.3, 0.4) is 0 Å². The first-order valence-corrected chi connectivity index (χ1v) is 10.1. The summed E-state index contributed by atoms with van der Waals surface area (Å²) in [5.41, 5.74) is 1.81. The summed E-state index contributed by atoms with van der Waals surface area (Å²) in [6.45, 7) is 2.40. The molecule has 6 nitrogen and oxygen atoms in total. The fourth-order valence-electron chi connectivity index (χ4n) is 4.08. The van der Waals surface area contributed by atoms with Crippen molar-refractivity contribution in [2.45, 2.75) is 32.2 Å². The number of halogens is 3. The van der Waals surface area contributed by atoms with Crippen LogP contribution < -0.4 is 4.74 Å². The number of rotatable bonds is 4. The second-order valence-electron chi connectivity index (χ2n) is 7.67. The molecule has 0 amide bonds. The molecule has 1 atom stereocenters. The maximum absolute atomic E-state index is 13.8. The summed E-state index contributed by atoms with van der Waals surface area (Å²) < 4.78 is 53.9. The molecule has 5 rings (SSSR count). The van der Waals surface area contributed by atoms with Crippen LogP contribution in [0.1, 0.15) is 36.0 Å². The van der Waals surface area contributed by atoms with Crippen LogP contribution in [0.5, 0.6) is 5.75 Å². The zero-order valence-corrected chi connectivity index (χ0v) is 17.4. The Labute approximate surface area is 181 Å². The fraction of sp³-hybridized carbons (Fsp3) is 0.261. The smallest absolute Gasteiger partial charge is 0.194 e. The molecule has 0 bridgehead atoms. The molecule has 0 spiro atoms. The van der Waals surface area contributed by atoms with E-state index in [-0.39, 0.29) is 5.92 Å². The lowest BCUT2D eigenvalue weighted by atomic mass is 9.91. The van der Waals surface area contributed by atoms with E-state index in [2.05, 4.69) is 15.1 Å². The van der Waals surface area contributed by atoms with E-state index in [4.69, 9.17) is 9.15 Å². The minimum atomic E-state index is -1.47. The summed E-state index contributed by atoms with van der Waals surface area (Å²) in [6.07, 6.45) is 3.02. The van der Waals surface area contributed by atoms with Crippen LogP contribution in [0.2, 0.25) is 0 Å². The second kappa shape index (κ2) is 7.81. The Morgan fingerprint density at radius 3 is 2.59 bits per heavy atom. The van der Waals surface area contributed by atoms with Gasteiger partial charge in [0, 0.05) is 24.9 Å². The SMILES string of the molecule is COc1cc(-c2nc3n(n2)CCCC3c2cc(F)c(F)c(F)c2)ccc1-c1cnc(C)o1. The number of fused-ring (bicyclic) bond motifs is 1. The Hall–Kier alpha value is -3.62. The van der Waals surface area contributed by atoms with Gasteiger partial charge < -0.3 is 9.15 Å². The Balaban J connectivity index is 1.53. The van der Waals surface area contributed by atoms with Gasteiger partial charge in [-0.3, -0.25) is 0 Å². The summed E-state index contributed by atoms with van der Waals surface area (Å²) in [6, 6.07) is 7.56. The van der Waals surface area contributed by atoms with Gasteiger partial charge in [-0.05, 0) is 42.7 Å². The zero-order valence-electron chi connectivity index (χ0n) is 17.4. The van der Waals surface area contributed by atoms with Crippen molar-refractivity contribution in [3.63, 3.8) is 0 Å². The van der Waals surface area contributed by atoms with Crippen LogP contribution in [-0.2, 0) is 6.54 Å². The van der Waals surface area contributed by atoms with E-state index in [0.29, 0.717) is 47.6 Å². The first-order chi connectivity index (χ1) is 15.4. The van der Waals surface area contributed by atoms with Crippen LogP contribution in [-0.4, -0.2) is 26.9 Å². The molecule has 9 heteroatoms. The van der Waals surface area contributed by atoms with E-state index in [1.165, 1.54) is 0 Å². The lowest BCUT2D eigenvalue weighted by molar-refractivity contribution is 0.414. The van der Waals surface area contributed by atoms with Crippen LogP contribution in [0, 0.1) is 24.4 Å².